The summed E-state index contributed by atoms with van der Waals surface area (Å²) in [5.74, 6) is 0.163. The molecule has 0 atom stereocenters. The lowest BCUT2D eigenvalue weighted by molar-refractivity contribution is 0.0939. The van der Waals surface area contributed by atoms with E-state index in [1.54, 1.807) is 29.1 Å². The number of carbonyl (C=O) groups is 1. The number of carbonyl (C=O) groups excluding carboxylic acids is 1. The van der Waals surface area contributed by atoms with Crippen LogP contribution in [0.25, 0.3) is 22.5 Å². The number of hydrogen-bond acceptors (Lipinski definition) is 3. The molecule has 1 aromatic carbocycles. The highest BCUT2D eigenvalue weighted by atomic mass is 19.1. The third kappa shape index (κ3) is 3.32. The van der Waals surface area contributed by atoms with Gasteiger partial charge in [0.15, 0.2) is 5.69 Å². The van der Waals surface area contributed by atoms with E-state index in [1.807, 2.05) is 34.9 Å². The summed E-state index contributed by atoms with van der Waals surface area (Å²) in [5.41, 5.74) is 3.08. The van der Waals surface area contributed by atoms with Crippen molar-refractivity contribution in [2.75, 3.05) is 13.2 Å². The van der Waals surface area contributed by atoms with E-state index in [0.29, 0.717) is 0 Å². The molecule has 136 valence electrons. The highest BCUT2D eigenvalue weighted by molar-refractivity contribution is 5.92. The van der Waals surface area contributed by atoms with E-state index in [0.717, 1.165) is 22.5 Å². The average Bonchev–Trinajstić information content (AvgIpc) is 3.33. The number of hydrogen-bond donors (Lipinski definition) is 2. The lowest BCUT2D eigenvalue weighted by Gasteiger charge is -2.07. The smallest absolute Gasteiger partial charge is 0.271 e. The van der Waals surface area contributed by atoms with Crippen molar-refractivity contribution in [2.45, 2.75) is 0 Å². The molecule has 4 aromatic rings. The normalized spacial score (nSPS) is 11.0. The van der Waals surface area contributed by atoms with Gasteiger partial charge in [0.05, 0.1) is 6.61 Å². The second-order valence-corrected chi connectivity index (χ2v) is 6.04. The zero-order valence-electron chi connectivity index (χ0n) is 14.3. The minimum absolute atomic E-state index is 0.123. The average molecular weight is 364 g/mol. The van der Waals surface area contributed by atoms with Crippen molar-refractivity contribution in [3.8, 4) is 16.9 Å². The molecule has 0 bridgehead atoms. The highest BCUT2D eigenvalue weighted by Crippen LogP contribution is 2.23. The largest absolute Gasteiger partial charge is 0.395 e. The molecule has 0 fully saturated rings. The van der Waals surface area contributed by atoms with E-state index in [9.17, 15) is 9.18 Å². The number of aliphatic hydroxyl groups excluding tert-OH is 1. The van der Waals surface area contributed by atoms with Crippen LogP contribution in [-0.2, 0) is 0 Å². The lowest BCUT2D eigenvalue weighted by Crippen LogP contribution is -2.26. The van der Waals surface area contributed by atoms with Crippen molar-refractivity contribution < 1.29 is 14.3 Å². The Labute approximate surface area is 154 Å². The van der Waals surface area contributed by atoms with Gasteiger partial charge in [0.2, 0.25) is 0 Å². The molecule has 1 amide bonds. The second-order valence-electron chi connectivity index (χ2n) is 6.04. The van der Waals surface area contributed by atoms with Crippen LogP contribution >= 0.6 is 0 Å². The van der Waals surface area contributed by atoms with Crippen molar-refractivity contribution in [3.05, 3.63) is 78.5 Å². The van der Waals surface area contributed by atoms with Crippen LogP contribution in [-0.4, -0.2) is 38.3 Å². The molecule has 0 aliphatic heterocycles. The van der Waals surface area contributed by atoms with Crippen molar-refractivity contribution in [1.82, 2.24) is 19.5 Å². The van der Waals surface area contributed by atoms with Crippen molar-refractivity contribution in [1.29, 1.82) is 0 Å². The van der Waals surface area contributed by atoms with Gasteiger partial charge in [-0.2, -0.15) is 5.10 Å². The van der Waals surface area contributed by atoms with Gasteiger partial charge in [-0.25, -0.2) is 9.07 Å². The van der Waals surface area contributed by atoms with Crippen LogP contribution in [0.3, 0.4) is 0 Å². The summed E-state index contributed by atoms with van der Waals surface area (Å²) in [6.07, 6.45) is 3.66. The van der Waals surface area contributed by atoms with E-state index in [4.69, 9.17) is 5.11 Å². The third-order valence-corrected chi connectivity index (χ3v) is 4.26. The SMILES string of the molecule is O=C(NCCO)c1ccn(-c2ccc3ccc(-c4ccc(F)cc4)cn23)n1. The van der Waals surface area contributed by atoms with Gasteiger partial charge in [-0.1, -0.05) is 18.2 Å². The first-order valence-electron chi connectivity index (χ1n) is 8.48. The summed E-state index contributed by atoms with van der Waals surface area (Å²) >= 11 is 0. The number of amides is 1. The molecule has 3 aromatic heterocycles. The van der Waals surface area contributed by atoms with E-state index in [1.165, 1.54) is 12.1 Å². The lowest BCUT2D eigenvalue weighted by atomic mass is 10.1. The Morgan fingerprint density at radius 1 is 1.04 bits per heavy atom. The van der Waals surface area contributed by atoms with E-state index in [-0.39, 0.29) is 30.6 Å². The molecular formula is C20H17FN4O2. The molecule has 0 aliphatic carbocycles. The first kappa shape index (κ1) is 17.0. The van der Waals surface area contributed by atoms with Gasteiger partial charge >= 0.3 is 0 Å². The van der Waals surface area contributed by atoms with Gasteiger partial charge in [-0.15, -0.1) is 0 Å². The van der Waals surface area contributed by atoms with Crippen LogP contribution < -0.4 is 5.32 Å². The Balaban J connectivity index is 1.70. The molecule has 0 radical (unpaired) electrons. The Kier molecular flexibility index (Phi) is 4.43. The number of aromatic nitrogens is 3. The number of nitrogens with one attached hydrogen (secondary N) is 1. The highest BCUT2D eigenvalue weighted by Gasteiger charge is 2.12. The number of rotatable bonds is 5. The summed E-state index contributed by atoms with van der Waals surface area (Å²) in [5, 5.41) is 15.7. The fourth-order valence-electron chi connectivity index (χ4n) is 2.92. The molecule has 0 unspecified atom stereocenters. The molecule has 0 spiro atoms. The Morgan fingerprint density at radius 3 is 2.56 bits per heavy atom. The minimum atomic E-state index is -0.337. The first-order chi connectivity index (χ1) is 13.2. The number of benzene rings is 1. The molecule has 2 N–H and O–H groups in total. The summed E-state index contributed by atoms with van der Waals surface area (Å²) in [4.78, 5) is 12.0. The van der Waals surface area contributed by atoms with Crippen LogP contribution in [0.15, 0.2) is 67.0 Å². The summed E-state index contributed by atoms with van der Waals surface area (Å²) < 4.78 is 16.8. The van der Waals surface area contributed by atoms with Crippen molar-refractivity contribution in [2.24, 2.45) is 0 Å². The van der Waals surface area contributed by atoms with Gasteiger partial charge < -0.3 is 14.8 Å². The molecule has 4 rings (SSSR count). The van der Waals surface area contributed by atoms with Gasteiger partial charge in [0.1, 0.15) is 11.6 Å². The van der Waals surface area contributed by atoms with Gasteiger partial charge in [0.25, 0.3) is 5.91 Å². The molecule has 0 saturated heterocycles. The number of pyridine rings is 1. The van der Waals surface area contributed by atoms with E-state index in [2.05, 4.69) is 10.4 Å². The van der Waals surface area contributed by atoms with Crippen LogP contribution in [0.5, 0.6) is 0 Å². The molecule has 27 heavy (non-hydrogen) atoms. The molecule has 0 aliphatic rings. The zero-order valence-corrected chi connectivity index (χ0v) is 14.3. The van der Waals surface area contributed by atoms with Crippen LogP contribution in [0.2, 0.25) is 0 Å². The third-order valence-electron chi connectivity index (χ3n) is 4.26. The van der Waals surface area contributed by atoms with Crippen LogP contribution in [0.1, 0.15) is 10.5 Å². The van der Waals surface area contributed by atoms with Crippen LogP contribution in [0, 0.1) is 5.82 Å². The van der Waals surface area contributed by atoms with Gasteiger partial charge in [-0.3, -0.25) is 4.79 Å². The fraction of sp³-hybridized carbons (Fsp3) is 0.100. The van der Waals surface area contributed by atoms with Crippen LogP contribution in [0.4, 0.5) is 4.39 Å². The van der Waals surface area contributed by atoms with Gasteiger partial charge in [0, 0.05) is 24.5 Å². The molecule has 3 heterocycles. The summed E-state index contributed by atoms with van der Waals surface area (Å²) in [7, 11) is 0. The number of aliphatic hydroxyl groups is 1. The predicted octanol–water partition coefficient (Wildman–Crippen LogP) is 2.65. The maximum absolute atomic E-state index is 13.2. The zero-order chi connectivity index (χ0) is 18.8. The van der Waals surface area contributed by atoms with Crippen molar-refractivity contribution in [3.63, 3.8) is 0 Å². The number of nitrogens with zero attached hydrogens (tertiary/aromatic N) is 3. The molecule has 6 nitrogen and oxygen atoms in total. The predicted molar refractivity (Wildman–Crippen MR) is 99.3 cm³/mol. The maximum atomic E-state index is 13.2. The molecular weight excluding hydrogens is 347 g/mol. The fourth-order valence-corrected chi connectivity index (χ4v) is 2.92. The minimum Gasteiger partial charge on any atom is -0.395 e. The number of fused-ring (bicyclic) bond motifs is 1. The van der Waals surface area contributed by atoms with E-state index >= 15 is 0 Å². The quantitative estimate of drug-likeness (QED) is 0.572. The summed E-state index contributed by atoms with van der Waals surface area (Å²) in [6.45, 7) is 0.0583. The Hall–Kier alpha value is -3.45. The Bertz CT molecular complexity index is 1100. The monoisotopic (exact) mass is 364 g/mol. The standard InChI is InChI=1S/C20H17FN4O2/c21-16-4-1-14(2-5-16)15-3-6-17-7-8-19(24(17)13-15)25-11-9-18(23-25)20(27)22-10-12-26/h1-9,11,13,26H,10,12H2,(H,22,27). The second kappa shape index (κ2) is 7.05. The molecule has 7 heteroatoms. The maximum Gasteiger partial charge on any atom is 0.271 e. The van der Waals surface area contributed by atoms with Gasteiger partial charge in [-0.05, 0) is 47.5 Å². The van der Waals surface area contributed by atoms with E-state index < -0.39 is 0 Å². The first-order valence-corrected chi connectivity index (χ1v) is 8.48. The molecule has 0 saturated carbocycles. The summed E-state index contributed by atoms with van der Waals surface area (Å²) in [6, 6.07) is 15.8. The topological polar surface area (TPSA) is 71.6 Å². The van der Waals surface area contributed by atoms with Crippen molar-refractivity contribution >= 4 is 11.4 Å². The Morgan fingerprint density at radius 2 is 1.78 bits per heavy atom. The number of halogens is 1.